The van der Waals surface area contributed by atoms with Gasteiger partial charge in [0, 0.05) is 12.1 Å². The molecule has 8 heteroatoms. The molecule has 160 valence electrons. The van der Waals surface area contributed by atoms with Crippen LogP contribution in [0.1, 0.15) is 16.8 Å². The summed E-state index contributed by atoms with van der Waals surface area (Å²) in [6.07, 6.45) is 0.812. The van der Waals surface area contributed by atoms with E-state index in [1.165, 1.54) is 11.3 Å². The number of aromatic nitrogens is 1. The molecule has 30 heavy (non-hydrogen) atoms. The summed E-state index contributed by atoms with van der Waals surface area (Å²) in [4.78, 5) is 22.0. The number of fused-ring (bicyclic) bond motifs is 1. The van der Waals surface area contributed by atoms with Gasteiger partial charge in [-0.05, 0) is 57.4 Å². The minimum Gasteiger partial charge on any atom is -0.497 e. The van der Waals surface area contributed by atoms with Crippen LogP contribution in [0.3, 0.4) is 0 Å². The highest BCUT2D eigenvalue weighted by Gasteiger charge is 2.24. The van der Waals surface area contributed by atoms with Crippen molar-refractivity contribution in [1.82, 2.24) is 9.88 Å². The van der Waals surface area contributed by atoms with Gasteiger partial charge in [0.1, 0.15) is 27.5 Å². The number of hydrogen-bond donors (Lipinski definition) is 0. The first-order chi connectivity index (χ1) is 14.5. The molecule has 1 aromatic heterocycles. The molecular weight excluding hydrogens is 402 g/mol. The second-order valence-electron chi connectivity index (χ2n) is 6.99. The maximum Gasteiger partial charge on any atom is 0.260 e. The Hall–Kier alpha value is -2.84. The van der Waals surface area contributed by atoms with E-state index in [1.54, 1.807) is 38.4 Å². The third-order valence-electron chi connectivity index (χ3n) is 4.68. The van der Waals surface area contributed by atoms with Gasteiger partial charge in [0.25, 0.3) is 5.91 Å². The zero-order chi connectivity index (χ0) is 21.7. The van der Waals surface area contributed by atoms with Gasteiger partial charge in [0.2, 0.25) is 0 Å². The molecule has 0 spiro atoms. The molecule has 0 atom stereocenters. The molecule has 0 bridgehead atoms. The number of methoxy groups -OCH3 is 3. The first kappa shape index (κ1) is 21.9. The molecule has 0 N–H and O–H groups in total. The molecule has 7 nitrogen and oxygen atoms in total. The predicted octanol–water partition coefficient (Wildman–Crippen LogP) is 3.92. The van der Waals surface area contributed by atoms with Crippen molar-refractivity contribution in [1.29, 1.82) is 0 Å². The van der Waals surface area contributed by atoms with Gasteiger partial charge >= 0.3 is 0 Å². The topological polar surface area (TPSA) is 64.1 Å². The number of nitrogens with zero attached hydrogens (tertiary/aromatic N) is 3. The standard InChI is InChI=1S/C22H27N3O4S/c1-24(2)12-7-13-25(21(26)15-8-6-9-16(14-15)27-3)22-23-19-17(28-4)10-11-18(29-5)20(19)30-22/h6,8-11,14H,7,12-13H2,1-5H3. The van der Waals surface area contributed by atoms with E-state index >= 15 is 0 Å². The van der Waals surface area contributed by atoms with Crippen LogP contribution in [0.25, 0.3) is 10.2 Å². The largest absolute Gasteiger partial charge is 0.497 e. The van der Waals surface area contributed by atoms with E-state index in [2.05, 4.69) is 4.90 Å². The molecule has 1 amide bonds. The van der Waals surface area contributed by atoms with Crippen molar-refractivity contribution in [3.05, 3.63) is 42.0 Å². The maximum absolute atomic E-state index is 13.4. The summed E-state index contributed by atoms with van der Waals surface area (Å²) in [6, 6.07) is 10.8. The highest BCUT2D eigenvalue weighted by atomic mass is 32.1. The number of rotatable bonds is 9. The van der Waals surface area contributed by atoms with Crippen molar-refractivity contribution < 1.29 is 19.0 Å². The van der Waals surface area contributed by atoms with Crippen molar-refractivity contribution in [3.8, 4) is 17.2 Å². The van der Waals surface area contributed by atoms with Crippen molar-refractivity contribution in [2.75, 3.05) is 53.4 Å². The summed E-state index contributed by atoms with van der Waals surface area (Å²) in [7, 11) is 8.85. The first-order valence-corrected chi connectivity index (χ1v) is 10.4. The number of amides is 1. The number of hydrogen-bond acceptors (Lipinski definition) is 7. The Balaban J connectivity index is 2.04. The van der Waals surface area contributed by atoms with Crippen molar-refractivity contribution in [2.24, 2.45) is 0 Å². The molecule has 2 aromatic carbocycles. The van der Waals surface area contributed by atoms with Gasteiger partial charge in [-0.25, -0.2) is 4.98 Å². The Morgan fingerprint density at radius 2 is 1.73 bits per heavy atom. The fourth-order valence-electron chi connectivity index (χ4n) is 3.13. The molecular formula is C22H27N3O4S. The lowest BCUT2D eigenvalue weighted by atomic mass is 10.2. The first-order valence-electron chi connectivity index (χ1n) is 9.60. The van der Waals surface area contributed by atoms with E-state index in [4.69, 9.17) is 19.2 Å². The van der Waals surface area contributed by atoms with Crippen LogP contribution >= 0.6 is 11.3 Å². The summed E-state index contributed by atoms with van der Waals surface area (Å²) < 4.78 is 17.1. The summed E-state index contributed by atoms with van der Waals surface area (Å²) in [5.41, 5.74) is 1.24. The lowest BCUT2D eigenvalue weighted by Crippen LogP contribution is -2.33. The third-order valence-corrected chi connectivity index (χ3v) is 5.77. The van der Waals surface area contributed by atoms with Gasteiger partial charge in [0.05, 0.1) is 21.3 Å². The number of thiazole rings is 1. The monoisotopic (exact) mass is 429 g/mol. The molecule has 1 heterocycles. The molecule has 0 radical (unpaired) electrons. The lowest BCUT2D eigenvalue weighted by Gasteiger charge is -2.21. The molecule has 0 fully saturated rings. The second-order valence-corrected chi connectivity index (χ2v) is 7.97. The normalized spacial score (nSPS) is 11.0. The fraction of sp³-hybridized carbons (Fsp3) is 0.364. The van der Waals surface area contributed by atoms with Gasteiger partial charge in [-0.1, -0.05) is 17.4 Å². The Bertz CT molecular complexity index is 978. The summed E-state index contributed by atoms with van der Waals surface area (Å²) in [5, 5.41) is 0.611. The highest BCUT2D eigenvalue weighted by Crippen LogP contribution is 2.40. The smallest absolute Gasteiger partial charge is 0.260 e. The van der Waals surface area contributed by atoms with Crippen LogP contribution in [0, 0.1) is 0 Å². The van der Waals surface area contributed by atoms with Crippen LogP contribution in [0.15, 0.2) is 36.4 Å². The Morgan fingerprint density at radius 1 is 1.00 bits per heavy atom. The van der Waals surface area contributed by atoms with Gasteiger partial charge in [-0.2, -0.15) is 0 Å². The SMILES string of the molecule is COc1cccc(C(=O)N(CCCN(C)C)c2nc3c(OC)ccc(OC)c3s2)c1. The van der Waals surface area contributed by atoms with E-state index in [-0.39, 0.29) is 5.91 Å². The average molecular weight is 430 g/mol. The van der Waals surface area contributed by atoms with E-state index in [0.717, 1.165) is 17.7 Å². The molecule has 3 aromatic rings. The maximum atomic E-state index is 13.4. The zero-order valence-corrected chi connectivity index (χ0v) is 18.8. The molecule has 0 aliphatic heterocycles. The van der Waals surface area contributed by atoms with Crippen LogP contribution in [0.2, 0.25) is 0 Å². The highest BCUT2D eigenvalue weighted by molar-refractivity contribution is 7.22. The molecule has 0 unspecified atom stereocenters. The summed E-state index contributed by atoms with van der Waals surface area (Å²) in [5.74, 6) is 1.87. The Labute approximate surface area is 180 Å². The number of ether oxygens (including phenoxy) is 3. The van der Waals surface area contributed by atoms with Crippen molar-refractivity contribution >= 4 is 32.6 Å². The van der Waals surface area contributed by atoms with E-state index in [0.29, 0.717) is 40.0 Å². The zero-order valence-electron chi connectivity index (χ0n) is 18.0. The predicted molar refractivity (Wildman–Crippen MR) is 121 cm³/mol. The van der Waals surface area contributed by atoms with Crippen LogP contribution in [0.4, 0.5) is 5.13 Å². The van der Waals surface area contributed by atoms with Crippen molar-refractivity contribution in [2.45, 2.75) is 6.42 Å². The Morgan fingerprint density at radius 3 is 2.40 bits per heavy atom. The summed E-state index contributed by atoms with van der Waals surface area (Å²) in [6.45, 7) is 1.40. The van der Waals surface area contributed by atoms with Crippen LogP contribution < -0.4 is 19.1 Å². The molecule has 0 aliphatic rings. The lowest BCUT2D eigenvalue weighted by molar-refractivity contribution is 0.0985. The van der Waals surface area contributed by atoms with E-state index in [1.807, 2.05) is 38.4 Å². The van der Waals surface area contributed by atoms with Gasteiger partial charge in [-0.3, -0.25) is 9.69 Å². The minimum atomic E-state index is -0.121. The molecule has 0 aliphatic carbocycles. The van der Waals surface area contributed by atoms with Crippen molar-refractivity contribution in [3.63, 3.8) is 0 Å². The third kappa shape index (κ3) is 4.66. The Kier molecular flexibility index (Phi) is 7.12. The van der Waals surface area contributed by atoms with Gasteiger partial charge < -0.3 is 19.1 Å². The van der Waals surface area contributed by atoms with E-state index < -0.39 is 0 Å². The minimum absolute atomic E-state index is 0.121. The number of benzene rings is 2. The second kappa shape index (κ2) is 9.77. The number of anilines is 1. The molecule has 0 saturated carbocycles. The van der Waals surface area contributed by atoms with Gasteiger partial charge in [0.15, 0.2) is 5.13 Å². The average Bonchev–Trinajstić information content (AvgIpc) is 3.20. The quantitative estimate of drug-likeness (QED) is 0.514. The van der Waals surface area contributed by atoms with E-state index in [9.17, 15) is 4.79 Å². The number of carbonyl (C=O) groups is 1. The van der Waals surface area contributed by atoms with Crippen LogP contribution in [0.5, 0.6) is 17.2 Å². The van der Waals surface area contributed by atoms with Gasteiger partial charge in [-0.15, -0.1) is 0 Å². The number of carbonyl (C=O) groups excluding carboxylic acids is 1. The molecule has 0 saturated heterocycles. The van der Waals surface area contributed by atoms with Crippen LogP contribution in [-0.2, 0) is 0 Å². The molecule has 3 rings (SSSR count). The fourth-order valence-corrected chi connectivity index (χ4v) is 4.23. The summed E-state index contributed by atoms with van der Waals surface area (Å²) >= 11 is 1.42. The van der Waals surface area contributed by atoms with Crippen LogP contribution in [-0.4, -0.2) is 64.3 Å².